The summed E-state index contributed by atoms with van der Waals surface area (Å²) in [7, 11) is 0. The number of benzene rings is 1. The molecule has 7 heterocycles. The molecule has 6 aromatic rings. The SMILES string of the molecule is CC(C)(C)C1=NCCO1.CC(C)(C)C1=NOCC1.CC(C)(C)c1ccno1.CC(C)(C)c1ccon1.CC(C)(C)c1cnco1.CC(C)(C)c1nc2ccccc2o1.CC(C)(C)c1ncco1. The minimum atomic E-state index is -0.0149. The van der Waals surface area contributed by atoms with Crippen LogP contribution in [-0.4, -0.2) is 56.6 Å². The third-order valence-corrected chi connectivity index (χ3v) is 9.26. The molecule has 0 radical (unpaired) electrons. The summed E-state index contributed by atoms with van der Waals surface area (Å²) in [6.45, 7) is 46.5. The van der Waals surface area contributed by atoms with Crippen LogP contribution in [0.4, 0.5) is 0 Å². The summed E-state index contributed by atoms with van der Waals surface area (Å²) < 4.78 is 30.7. The Hall–Kier alpha value is -5.53. The number of hydrogen-bond acceptors (Lipinski definition) is 14. The predicted molar refractivity (Wildman–Crippen MR) is 269 cm³/mol. The number of aromatic nitrogens is 5. The number of hydrogen-bond donors (Lipinski definition) is 0. The highest BCUT2D eigenvalue weighted by Crippen LogP contribution is 2.26. The number of para-hydroxylation sites is 2. The van der Waals surface area contributed by atoms with E-state index in [-0.39, 0.29) is 37.9 Å². The number of fused-ring (bicyclic) bond motifs is 1. The molecular weight excluding hydrogens is 847 g/mol. The fourth-order valence-electron chi connectivity index (χ4n) is 5.19. The van der Waals surface area contributed by atoms with Crippen molar-refractivity contribution in [2.75, 3.05) is 19.8 Å². The van der Waals surface area contributed by atoms with Gasteiger partial charge in [-0.2, -0.15) is 0 Å². The molecule has 0 atom stereocenters. The molecule has 0 spiro atoms. The quantitative estimate of drug-likeness (QED) is 0.141. The van der Waals surface area contributed by atoms with Gasteiger partial charge in [0.05, 0.1) is 36.5 Å². The van der Waals surface area contributed by atoms with Gasteiger partial charge in [-0.25, -0.2) is 15.0 Å². The zero-order valence-electron chi connectivity index (χ0n) is 44.7. The lowest BCUT2D eigenvalue weighted by Gasteiger charge is -2.16. The average Bonchev–Trinajstić information content (AvgIpc) is 4.08. The largest absolute Gasteiger partial charge is 0.479 e. The molecule has 2 aliphatic heterocycles. The van der Waals surface area contributed by atoms with Gasteiger partial charge in [-0.15, -0.1) is 0 Å². The van der Waals surface area contributed by atoms with Crippen LogP contribution in [0, 0.1) is 10.8 Å². The molecule has 0 fully saturated rings. The third kappa shape index (κ3) is 21.8. The van der Waals surface area contributed by atoms with E-state index in [1.54, 1.807) is 31.1 Å². The molecule has 0 aliphatic carbocycles. The topological polar surface area (TPSA) is 173 Å². The normalized spacial score (nSPS) is 13.9. The predicted octanol–water partition coefficient (Wildman–Crippen LogP) is 14.3. The Morgan fingerprint density at radius 1 is 0.567 bits per heavy atom. The van der Waals surface area contributed by atoms with Crippen molar-refractivity contribution in [2.24, 2.45) is 21.0 Å². The first kappa shape index (κ1) is 57.6. The van der Waals surface area contributed by atoms with Crippen LogP contribution < -0.4 is 0 Å². The second-order valence-corrected chi connectivity index (χ2v) is 23.4. The fraction of sp³-hybridized carbons (Fsp3) is 0.604. The van der Waals surface area contributed by atoms with Gasteiger partial charge in [0.1, 0.15) is 42.8 Å². The van der Waals surface area contributed by atoms with Crippen molar-refractivity contribution >= 4 is 22.7 Å². The van der Waals surface area contributed by atoms with E-state index in [9.17, 15) is 0 Å². The van der Waals surface area contributed by atoms with E-state index in [4.69, 9.17) is 31.9 Å². The van der Waals surface area contributed by atoms with Gasteiger partial charge in [0.25, 0.3) is 0 Å². The Labute approximate surface area is 401 Å². The number of ether oxygens (including phenoxy) is 1. The van der Waals surface area contributed by atoms with Crippen molar-refractivity contribution in [1.82, 2.24) is 25.3 Å². The van der Waals surface area contributed by atoms with E-state index in [2.05, 4.69) is 181 Å². The zero-order chi connectivity index (χ0) is 50.9. The summed E-state index contributed by atoms with van der Waals surface area (Å²) >= 11 is 0. The van der Waals surface area contributed by atoms with Crippen molar-refractivity contribution in [3.63, 3.8) is 0 Å². The molecule has 67 heavy (non-hydrogen) atoms. The second-order valence-electron chi connectivity index (χ2n) is 23.4. The maximum absolute atomic E-state index is 5.62. The molecule has 0 saturated heterocycles. The van der Waals surface area contributed by atoms with Crippen molar-refractivity contribution in [3.8, 4) is 0 Å². The molecule has 2 aliphatic rings. The highest BCUT2D eigenvalue weighted by Gasteiger charge is 2.24. The fourth-order valence-corrected chi connectivity index (χ4v) is 5.19. The summed E-state index contributed by atoms with van der Waals surface area (Å²) in [4.78, 5) is 21.3. The van der Waals surface area contributed by atoms with Gasteiger partial charge in [0, 0.05) is 56.5 Å². The van der Waals surface area contributed by atoms with Gasteiger partial charge in [-0.1, -0.05) is 173 Å². The Balaban J connectivity index is 0.000000270. The third-order valence-electron chi connectivity index (χ3n) is 9.26. The van der Waals surface area contributed by atoms with E-state index in [0.717, 1.165) is 72.2 Å². The van der Waals surface area contributed by atoms with Crippen molar-refractivity contribution in [3.05, 3.63) is 103 Å². The zero-order valence-corrected chi connectivity index (χ0v) is 44.7. The van der Waals surface area contributed by atoms with Gasteiger partial charge in [-0.3, -0.25) is 4.99 Å². The molecule has 5 aromatic heterocycles. The standard InChI is InChI=1S/C11H13NO.C7H11NO.C7H13NO.C7H11NO.C7H13NO.2C7H11NO/c1-11(2,3)10-12-8-6-4-5-7-9(8)13-10;1-7(2,3)6-4-8-5-9-6;2*1-7(2,3)6-8-4-5-9-6;2*1-7(2,3)6-4-5-9-8-6;1-7(2,3)6-4-5-8-9-6/h4-7H,1-3H3;4-5H,1-3H3;4-5H2,1-3H3;4-5H,1-3H3;4-5H2,1-3H3;2*4-5H,1-3H3. The van der Waals surface area contributed by atoms with Crippen LogP contribution in [0.2, 0.25) is 0 Å². The van der Waals surface area contributed by atoms with Gasteiger partial charge in [-0.05, 0) is 12.1 Å². The first-order chi connectivity index (χ1) is 30.7. The summed E-state index contributed by atoms with van der Waals surface area (Å²) in [5.74, 6) is 4.36. The maximum atomic E-state index is 5.62. The molecule has 0 saturated carbocycles. The number of rotatable bonds is 0. The van der Waals surface area contributed by atoms with Gasteiger partial charge >= 0.3 is 0 Å². The smallest absolute Gasteiger partial charge is 0.200 e. The van der Waals surface area contributed by atoms with Crippen LogP contribution >= 0.6 is 0 Å². The molecule has 0 bridgehead atoms. The van der Waals surface area contributed by atoms with Crippen molar-refractivity contribution in [2.45, 2.75) is 179 Å². The summed E-state index contributed by atoms with van der Waals surface area (Å²) in [6, 6.07) is 11.6. The second kappa shape index (κ2) is 24.5. The van der Waals surface area contributed by atoms with Crippen LogP contribution in [-0.2, 0) is 36.6 Å². The molecule has 1 aromatic carbocycles. The first-order valence-electron chi connectivity index (χ1n) is 23.0. The van der Waals surface area contributed by atoms with Crippen LogP contribution in [0.1, 0.15) is 181 Å². The van der Waals surface area contributed by atoms with Crippen LogP contribution in [0.5, 0.6) is 0 Å². The number of aliphatic imine (C=N–C) groups is 1. The lowest BCUT2D eigenvalue weighted by Crippen LogP contribution is -2.20. The molecule has 8 rings (SSSR count). The number of oxazole rings is 3. The lowest BCUT2D eigenvalue weighted by atomic mass is 9.89. The Kier molecular flexibility index (Phi) is 21.0. The molecule has 0 amide bonds. The Morgan fingerprint density at radius 3 is 1.51 bits per heavy atom. The van der Waals surface area contributed by atoms with Crippen LogP contribution in [0.3, 0.4) is 0 Å². The Morgan fingerprint density at radius 2 is 1.21 bits per heavy atom. The average molecular weight is 930 g/mol. The summed E-state index contributed by atoms with van der Waals surface area (Å²) in [5, 5.41) is 11.3. The van der Waals surface area contributed by atoms with Gasteiger partial charge in [0.2, 0.25) is 5.89 Å². The maximum Gasteiger partial charge on any atom is 0.200 e. The number of nitrogens with zero attached hydrogens (tertiary/aromatic N) is 7. The molecule has 14 heteroatoms. The number of oxime groups is 1. The van der Waals surface area contributed by atoms with E-state index in [1.165, 1.54) is 12.1 Å². The molecule has 14 nitrogen and oxygen atoms in total. The monoisotopic (exact) mass is 930 g/mol. The molecule has 0 N–H and O–H groups in total. The minimum Gasteiger partial charge on any atom is -0.479 e. The van der Waals surface area contributed by atoms with Crippen LogP contribution in [0.25, 0.3) is 11.1 Å². The molecular formula is C53H83N7O7. The molecule has 372 valence electrons. The van der Waals surface area contributed by atoms with E-state index >= 15 is 0 Å². The van der Waals surface area contributed by atoms with Gasteiger partial charge < -0.3 is 31.9 Å². The van der Waals surface area contributed by atoms with E-state index in [1.807, 2.05) is 36.4 Å². The first-order valence-corrected chi connectivity index (χ1v) is 23.0. The van der Waals surface area contributed by atoms with E-state index in [0.29, 0.717) is 0 Å². The highest BCUT2D eigenvalue weighted by atomic mass is 16.6. The Bertz CT molecular complexity index is 2030. The van der Waals surface area contributed by atoms with E-state index < -0.39 is 0 Å². The van der Waals surface area contributed by atoms with Gasteiger partial charge in [0.15, 0.2) is 23.8 Å². The van der Waals surface area contributed by atoms with Crippen molar-refractivity contribution < 1.29 is 31.9 Å². The summed E-state index contributed by atoms with van der Waals surface area (Å²) in [6.07, 6.45) is 10.7. The minimum absolute atomic E-state index is 0.0149. The lowest BCUT2D eigenvalue weighted by molar-refractivity contribution is 0.173. The summed E-state index contributed by atoms with van der Waals surface area (Å²) in [5.41, 5.74) is 4.64. The van der Waals surface area contributed by atoms with Crippen molar-refractivity contribution in [1.29, 1.82) is 0 Å². The molecule has 0 unspecified atom stereocenters. The van der Waals surface area contributed by atoms with Crippen LogP contribution in [0.15, 0.2) is 106 Å². The highest BCUT2D eigenvalue weighted by molar-refractivity contribution is 5.89.